The first-order valence-electron chi connectivity index (χ1n) is 5.40. The van der Waals surface area contributed by atoms with Gasteiger partial charge in [0.1, 0.15) is 5.82 Å². The molecule has 1 N–H and O–H groups in total. The average Bonchev–Trinajstić information content (AvgIpc) is 2.29. The third kappa shape index (κ3) is 4.49. The van der Waals surface area contributed by atoms with Gasteiger partial charge in [-0.05, 0) is 41.1 Å². The second kappa shape index (κ2) is 6.78. The number of nitrogens with zero attached hydrogens (tertiary/aromatic N) is 1. The molecule has 1 rings (SSSR count). The standard InChI is InChI=1S/C12H16FIN2O/c1-16(2)11(17)7-4-8-15-10-6-3-5-9(13)12(10)14/h3,5-6,15H,4,7-8H2,1-2H3. The van der Waals surface area contributed by atoms with Gasteiger partial charge >= 0.3 is 0 Å². The van der Waals surface area contributed by atoms with E-state index in [9.17, 15) is 9.18 Å². The van der Waals surface area contributed by atoms with Gasteiger partial charge in [-0.2, -0.15) is 0 Å². The van der Waals surface area contributed by atoms with Crippen molar-refractivity contribution in [3.63, 3.8) is 0 Å². The zero-order chi connectivity index (χ0) is 12.8. The normalized spacial score (nSPS) is 10.1. The number of hydrogen-bond donors (Lipinski definition) is 1. The van der Waals surface area contributed by atoms with Crippen molar-refractivity contribution in [3.05, 3.63) is 27.6 Å². The van der Waals surface area contributed by atoms with E-state index in [0.717, 1.165) is 12.1 Å². The highest BCUT2D eigenvalue weighted by Crippen LogP contribution is 2.20. The number of rotatable bonds is 5. The molecule has 0 aliphatic carbocycles. The third-order valence-corrected chi connectivity index (χ3v) is 3.43. The molecule has 0 fully saturated rings. The number of benzene rings is 1. The molecule has 1 amide bonds. The summed E-state index contributed by atoms with van der Waals surface area (Å²) in [7, 11) is 3.48. The summed E-state index contributed by atoms with van der Waals surface area (Å²) in [4.78, 5) is 12.9. The Bertz CT molecular complexity index is 396. The molecule has 1 aromatic rings. The zero-order valence-electron chi connectivity index (χ0n) is 9.96. The van der Waals surface area contributed by atoms with E-state index in [4.69, 9.17) is 0 Å². The molecule has 0 aliphatic heterocycles. The van der Waals surface area contributed by atoms with E-state index in [1.807, 2.05) is 28.7 Å². The van der Waals surface area contributed by atoms with Crippen molar-refractivity contribution >= 4 is 34.2 Å². The van der Waals surface area contributed by atoms with Gasteiger partial charge in [-0.3, -0.25) is 4.79 Å². The largest absolute Gasteiger partial charge is 0.384 e. The molecule has 0 unspecified atom stereocenters. The SMILES string of the molecule is CN(C)C(=O)CCCNc1cccc(F)c1I. The van der Waals surface area contributed by atoms with Gasteiger partial charge < -0.3 is 10.2 Å². The minimum atomic E-state index is -0.222. The molecule has 17 heavy (non-hydrogen) atoms. The molecular weight excluding hydrogens is 334 g/mol. The lowest BCUT2D eigenvalue weighted by molar-refractivity contribution is -0.128. The van der Waals surface area contributed by atoms with Gasteiger partial charge in [-0.15, -0.1) is 0 Å². The summed E-state index contributed by atoms with van der Waals surface area (Å²) in [5.41, 5.74) is 0.780. The van der Waals surface area contributed by atoms with Gasteiger partial charge in [0.2, 0.25) is 5.91 Å². The number of carbonyl (C=O) groups excluding carboxylic acids is 1. The summed E-state index contributed by atoms with van der Waals surface area (Å²) in [6.45, 7) is 0.666. The van der Waals surface area contributed by atoms with Crippen molar-refractivity contribution < 1.29 is 9.18 Å². The highest BCUT2D eigenvalue weighted by atomic mass is 127. The zero-order valence-corrected chi connectivity index (χ0v) is 12.1. The van der Waals surface area contributed by atoms with E-state index in [1.54, 1.807) is 25.1 Å². The van der Waals surface area contributed by atoms with E-state index < -0.39 is 0 Å². The van der Waals surface area contributed by atoms with E-state index in [0.29, 0.717) is 16.5 Å². The number of hydrogen-bond acceptors (Lipinski definition) is 2. The molecule has 1 aromatic carbocycles. The Morgan fingerprint density at radius 2 is 2.18 bits per heavy atom. The van der Waals surface area contributed by atoms with Crippen LogP contribution < -0.4 is 5.32 Å². The van der Waals surface area contributed by atoms with Crippen LogP contribution >= 0.6 is 22.6 Å². The lowest BCUT2D eigenvalue weighted by Crippen LogP contribution is -2.22. The van der Waals surface area contributed by atoms with Crippen molar-refractivity contribution in [2.24, 2.45) is 0 Å². The first kappa shape index (κ1) is 14.2. The number of halogens is 2. The van der Waals surface area contributed by atoms with Crippen molar-refractivity contribution in [2.75, 3.05) is 26.0 Å². The average molecular weight is 350 g/mol. The number of anilines is 1. The second-order valence-corrected chi connectivity index (χ2v) is 5.00. The van der Waals surface area contributed by atoms with E-state index in [2.05, 4.69) is 5.32 Å². The van der Waals surface area contributed by atoms with Crippen LogP contribution in [-0.4, -0.2) is 31.4 Å². The Kier molecular flexibility index (Phi) is 5.67. The monoisotopic (exact) mass is 350 g/mol. The van der Waals surface area contributed by atoms with Crippen LogP contribution in [0.15, 0.2) is 18.2 Å². The molecule has 0 bridgehead atoms. The fourth-order valence-electron chi connectivity index (χ4n) is 1.33. The summed E-state index contributed by atoms with van der Waals surface area (Å²) < 4.78 is 13.8. The van der Waals surface area contributed by atoms with Crippen molar-refractivity contribution in [2.45, 2.75) is 12.8 Å². The van der Waals surface area contributed by atoms with E-state index in [-0.39, 0.29) is 11.7 Å². The van der Waals surface area contributed by atoms with Crippen LogP contribution in [0.3, 0.4) is 0 Å². The van der Waals surface area contributed by atoms with Crippen molar-refractivity contribution in [1.29, 1.82) is 0 Å². The molecule has 0 radical (unpaired) electrons. The maximum absolute atomic E-state index is 13.2. The van der Waals surface area contributed by atoms with Gasteiger partial charge in [-0.1, -0.05) is 6.07 Å². The first-order valence-corrected chi connectivity index (χ1v) is 6.48. The summed E-state index contributed by atoms with van der Waals surface area (Å²) in [5.74, 6) is -0.110. The molecule has 0 heterocycles. The Balaban J connectivity index is 2.36. The fraction of sp³-hybridized carbons (Fsp3) is 0.417. The van der Waals surface area contributed by atoms with Gasteiger partial charge in [0, 0.05) is 27.1 Å². The summed E-state index contributed by atoms with van der Waals surface area (Å²) >= 11 is 1.97. The highest BCUT2D eigenvalue weighted by Gasteiger charge is 2.05. The number of carbonyl (C=O) groups is 1. The Labute approximate surface area is 115 Å². The maximum atomic E-state index is 13.2. The van der Waals surface area contributed by atoms with Crippen LogP contribution in [0.25, 0.3) is 0 Å². The smallest absolute Gasteiger partial charge is 0.222 e. The Hall–Kier alpha value is -0.850. The third-order valence-electron chi connectivity index (χ3n) is 2.33. The van der Waals surface area contributed by atoms with Crippen LogP contribution in [-0.2, 0) is 4.79 Å². The molecule has 0 aliphatic rings. The molecular formula is C12H16FIN2O. The molecule has 3 nitrogen and oxygen atoms in total. The maximum Gasteiger partial charge on any atom is 0.222 e. The predicted octanol–water partition coefficient (Wildman–Crippen LogP) is 2.71. The Morgan fingerprint density at radius 1 is 1.47 bits per heavy atom. The van der Waals surface area contributed by atoms with Crippen LogP contribution in [0.4, 0.5) is 10.1 Å². The van der Waals surface area contributed by atoms with E-state index in [1.165, 1.54) is 6.07 Å². The number of nitrogens with one attached hydrogen (secondary N) is 1. The first-order chi connectivity index (χ1) is 8.02. The second-order valence-electron chi connectivity index (χ2n) is 3.92. The topological polar surface area (TPSA) is 32.3 Å². The highest BCUT2D eigenvalue weighted by molar-refractivity contribution is 14.1. The van der Waals surface area contributed by atoms with Crippen LogP contribution in [0.1, 0.15) is 12.8 Å². The fourth-order valence-corrected chi connectivity index (χ4v) is 1.88. The van der Waals surface area contributed by atoms with Crippen molar-refractivity contribution in [1.82, 2.24) is 4.90 Å². The minimum absolute atomic E-state index is 0.112. The molecule has 0 atom stereocenters. The summed E-state index contributed by atoms with van der Waals surface area (Å²) in [5, 5.41) is 3.13. The summed E-state index contributed by atoms with van der Waals surface area (Å²) in [6.07, 6.45) is 1.25. The lowest BCUT2D eigenvalue weighted by atomic mass is 10.2. The minimum Gasteiger partial charge on any atom is -0.384 e. The molecule has 0 aromatic heterocycles. The molecule has 5 heteroatoms. The molecule has 94 valence electrons. The van der Waals surface area contributed by atoms with Crippen molar-refractivity contribution in [3.8, 4) is 0 Å². The lowest BCUT2D eigenvalue weighted by Gasteiger charge is -2.11. The predicted molar refractivity (Wildman–Crippen MR) is 75.5 cm³/mol. The van der Waals surface area contributed by atoms with Gasteiger partial charge in [0.05, 0.1) is 9.26 Å². The number of amides is 1. The van der Waals surface area contributed by atoms with Crippen LogP contribution in [0, 0.1) is 9.39 Å². The van der Waals surface area contributed by atoms with Crippen LogP contribution in [0.5, 0.6) is 0 Å². The Morgan fingerprint density at radius 3 is 2.82 bits per heavy atom. The molecule has 0 saturated heterocycles. The van der Waals surface area contributed by atoms with Crippen LogP contribution in [0.2, 0.25) is 0 Å². The quantitative estimate of drug-likeness (QED) is 0.654. The van der Waals surface area contributed by atoms with Gasteiger partial charge in [-0.25, -0.2) is 4.39 Å². The van der Waals surface area contributed by atoms with Gasteiger partial charge in [0.15, 0.2) is 0 Å². The summed E-state index contributed by atoms with van der Waals surface area (Å²) in [6, 6.07) is 4.94. The molecule has 0 spiro atoms. The van der Waals surface area contributed by atoms with Gasteiger partial charge in [0.25, 0.3) is 0 Å². The van der Waals surface area contributed by atoms with E-state index >= 15 is 0 Å². The molecule has 0 saturated carbocycles.